The number of fused-ring (bicyclic) bond motifs is 3. The number of H-pyrrole nitrogens is 1. The smallest absolute Gasteiger partial charge is 0.292 e. The fourth-order valence-electron chi connectivity index (χ4n) is 5.74. The van der Waals surface area contributed by atoms with Crippen molar-refractivity contribution in [1.82, 2.24) is 54.4 Å². The molecule has 2 saturated heterocycles. The van der Waals surface area contributed by atoms with Crippen molar-refractivity contribution in [2.24, 2.45) is 7.05 Å². The van der Waals surface area contributed by atoms with Gasteiger partial charge in [-0.3, -0.25) is 14.5 Å². The highest BCUT2D eigenvalue weighted by atomic mass is 16.2. The number of carbonyl (C=O) groups excluding carboxylic acids is 1. The summed E-state index contributed by atoms with van der Waals surface area (Å²) in [4.78, 5) is 31.7. The molecular formula is C24H24N12O. The van der Waals surface area contributed by atoms with Gasteiger partial charge in [-0.2, -0.15) is 9.61 Å². The lowest BCUT2D eigenvalue weighted by Crippen LogP contribution is -2.46. The molecule has 2 aliphatic rings. The number of nitrogen functional groups attached to an aromatic ring is 1. The number of aryl methyl sites for hydroxylation is 1. The zero-order chi connectivity index (χ0) is 25.1. The molecule has 2 aliphatic heterocycles. The molecule has 3 N–H and O–H groups in total. The maximum atomic E-state index is 13.0. The van der Waals surface area contributed by atoms with E-state index >= 15 is 0 Å². The fourth-order valence-corrected chi connectivity index (χ4v) is 5.74. The summed E-state index contributed by atoms with van der Waals surface area (Å²) >= 11 is 0. The predicted octanol–water partition coefficient (Wildman–Crippen LogP) is 1.84. The minimum Gasteiger partial charge on any atom is -0.384 e. The molecule has 0 aromatic carbocycles. The molecule has 0 aliphatic carbocycles. The first kappa shape index (κ1) is 21.6. The van der Waals surface area contributed by atoms with E-state index in [1.807, 2.05) is 30.1 Å². The van der Waals surface area contributed by atoms with Gasteiger partial charge >= 0.3 is 0 Å². The average molecular weight is 497 g/mol. The summed E-state index contributed by atoms with van der Waals surface area (Å²) in [5, 5.41) is 16.5. The van der Waals surface area contributed by atoms with E-state index in [0.717, 1.165) is 42.5 Å². The maximum absolute atomic E-state index is 13.0. The Kier molecular flexibility index (Phi) is 4.77. The van der Waals surface area contributed by atoms with Gasteiger partial charge in [-0.05, 0) is 31.7 Å². The van der Waals surface area contributed by atoms with E-state index in [-0.39, 0.29) is 23.9 Å². The van der Waals surface area contributed by atoms with Crippen LogP contribution < -0.4 is 5.73 Å². The molecule has 0 saturated carbocycles. The minimum absolute atomic E-state index is 0.0821. The quantitative estimate of drug-likeness (QED) is 0.378. The molecule has 37 heavy (non-hydrogen) atoms. The van der Waals surface area contributed by atoms with Crippen molar-refractivity contribution in [2.45, 2.75) is 43.7 Å². The van der Waals surface area contributed by atoms with Crippen molar-refractivity contribution in [1.29, 1.82) is 0 Å². The summed E-state index contributed by atoms with van der Waals surface area (Å²) in [5.41, 5.74) is 10.5. The third-order valence-corrected chi connectivity index (χ3v) is 7.43. The zero-order valence-electron chi connectivity index (χ0n) is 20.1. The van der Waals surface area contributed by atoms with Gasteiger partial charge in [-0.15, -0.1) is 15.3 Å². The second-order valence-corrected chi connectivity index (χ2v) is 9.68. The van der Waals surface area contributed by atoms with Gasteiger partial charge in [0.2, 0.25) is 5.82 Å². The van der Waals surface area contributed by atoms with E-state index in [9.17, 15) is 4.79 Å². The molecule has 13 heteroatoms. The van der Waals surface area contributed by atoms with Crippen molar-refractivity contribution in [3.63, 3.8) is 0 Å². The molecule has 7 rings (SSSR count). The molecule has 1 unspecified atom stereocenters. The van der Waals surface area contributed by atoms with Crippen molar-refractivity contribution in [2.75, 3.05) is 5.73 Å². The number of piperidine rings is 1. The van der Waals surface area contributed by atoms with Crippen LogP contribution in [0.2, 0.25) is 0 Å². The summed E-state index contributed by atoms with van der Waals surface area (Å²) in [6.45, 7) is 0. The van der Waals surface area contributed by atoms with Gasteiger partial charge in [0.05, 0.1) is 6.20 Å². The van der Waals surface area contributed by atoms with Gasteiger partial charge in [0, 0.05) is 54.1 Å². The van der Waals surface area contributed by atoms with Crippen LogP contribution in [0, 0.1) is 0 Å². The Morgan fingerprint density at radius 2 is 1.97 bits per heavy atom. The molecule has 7 heterocycles. The van der Waals surface area contributed by atoms with Gasteiger partial charge in [0.1, 0.15) is 24.2 Å². The number of hydrogen-bond donors (Lipinski definition) is 2. The highest BCUT2D eigenvalue weighted by Crippen LogP contribution is 2.43. The molecule has 0 radical (unpaired) electrons. The molecule has 1 amide bonds. The lowest BCUT2D eigenvalue weighted by Gasteiger charge is -2.38. The number of pyridine rings is 1. The Hall–Kier alpha value is -4.68. The molecule has 13 nitrogen and oxygen atoms in total. The fraction of sp³-hybridized carbons (Fsp3) is 0.333. The number of hydrogen-bond acceptors (Lipinski definition) is 9. The first-order valence-corrected chi connectivity index (χ1v) is 12.2. The number of rotatable bonds is 4. The minimum atomic E-state index is -0.0821. The maximum Gasteiger partial charge on any atom is 0.292 e. The topological polar surface area (TPSA) is 162 Å². The number of anilines is 1. The summed E-state index contributed by atoms with van der Waals surface area (Å²) in [7, 11) is 1.82. The average Bonchev–Trinajstić information content (AvgIpc) is 3.71. The van der Waals surface area contributed by atoms with Crippen LogP contribution in [0.4, 0.5) is 5.82 Å². The largest absolute Gasteiger partial charge is 0.384 e. The van der Waals surface area contributed by atoms with Gasteiger partial charge in [-0.1, -0.05) is 6.07 Å². The van der Waals surface area contributed by atoms with Crippen LogP contribution in [0.25, 0.3) is 28.3 Å². The second-order valence-electron chi connectivity index (χ2n) is 9.68. The van der Waals surface area contributed by atoms with Crippen LogP contribution in [0.1, 0.15) is 47.9 Å². The normalized spacial score (nSPS) is 21.1. The molecule has 5 aromatic rings. The Labute approximate surface area is 210 Å². The molecule has 5 aromatic heterocycles. The van der Waals surface area contributed by atoms with Crippen molar-refractivity contribution < 1.29 is 4.79 Å². The van der Waals surface area contributed by atoms with Crippen LogP contribution in [0.15, 0.2) is 43.2 Å². The Morgan fingerprint density at radius 1 is 1.14 bits per heavy atom. The Morgan fingerprint density at radius 3 is 2.65 bits per heavy atom. The van der Waals surface area contributed by atoms with Crippen molar-refractivity contribution >= 4 is 17.4 Å². The SMILES string of the molecule is Cn1cnc(-c2ccc(-c3cnn4c(N)cc(C5C[C@H]6CC[C@@H](C5)N6C(=O)c5nnc[nH]5)nc34)cn2)n1. The number of aromatic amines is 1. The predicted molar refractivity (Wildman–Crippen MR) is 132 cm³/mol. The number of carbonyl (C=O) groups is 1. The molecule has 0 spiro atoms. The zero-order valence-corrected chi connectivity index (χ0v) is 20.1. The van der Waals surface area contributed by atoms with Crippen LogP contribution >= 0.6 is 0 Å². The summed E-state index contributed by atoms with van der Waals surface area (Å²) in [6, 6.07) is 6.05. The van der Waals surface area contributed by atoms with E-state index in [2.05, 4.69) is 35.3 Å². The third-order valence-electron chi connectivity index (χ3n) is 7.43. The summed E-state index contributed by atoms with van der Waals surface area (Å²) < 4.78 is 3.30. The van der Waals surface area contributed by atoms with E-state index in [4.69, 9.17) is 10.7 Å². The molecular weight excluding hydrogens is 472 g/mol. The van der Waals surface area contributed by atoms with E-state index in [1.54, 1.807) is 27.9 Å². The number of nitrogens with zero attached hydrogens (tertiary/aromatic N) is 10. The lowest BCUT2D eigenvalue weighted by molar-refractivity contribution is 0.0557. The van der Waals surface area contributed by atoms with Gasteiger partial charge in [0.25, 0.3) is 5.91 Å². The Balaban J connectivity index is 1.19. The number of amides is 1. The molecule has 3 atom stereocenters. The standard InChI is InChI=1S/C24H24N12O/c1-34-12-28-21(33-34)18-5-2-13(9-26-18)17-10-30-36-20(25)8-19(31-23(17)36)14-6-15-3-4-16(7-14)35(15)24(37)22-27-11-29-32-22/h2,5,8-12,14-16H,3-4,6-7,25H2,1H3,(H,27,29,32)/t14?,15-,16+. The van der Waals surface area contributed by atoms with E-state index in [0.29, 0.717) is 28.8 Å². The number of nitrogens with two attached hydrogens (primary N) is 1. The first-order valence-electron chi connectivity index (χ1n) is 12.2. The highest BCUT2D eigenvalue weighted by Gasteiger charge is 2.45. The Bertz CT molecular complexity index is 1590. The number of nitrogens with one attached hydrogen (secondary N) is 1. The van der Waals surface area contributed by atoms with Crippen molar-refractivity contribution in [3.05, 3.63) is 54.8 Å². The molecule has 2 bridgehead atoms. The summed E-state index contributed by atoms with van der Waals surface area (Å²) in [6.07, 6.45) is 10.2. The van der Waals surface area contributed by atoms with E-state index in [1.165, 1.54) is 6.33 Å². The van der Waals surface area contributed by atoms with Crippen molar-refractivity contribution in [3.8, 4) is 22.6 Å². The molecule has 2 fully saturated rings. The van der Waals surface area contributed by atoms with E-state index < -0.39 is 0 Å². The molecule has 186 valence electrons. The second kappa shape index (κ2) is 8.18. The van der Waals surface area contributed by atoms with Gasteiger partial charge < -0.3 is 15.6 Å². The summed E-state index contributed by atoms with van der Waals surface area (Å²) in [5.74, 6) is 1.51. The van der Waals surface area contributed by atoms with Crippen LogP contribution in [-0.2, 0) is 7.05 Å². The van der Waals surface area contributed by atoms with Crippen LogP contribution in [0.3, 0.4) is 0 Å². The monoisotopic (exact) mass is 496 g/mol. The first-order chi connectivity index (χ1) is 18.0. The van der Waals surface area contributed by atoms with Crippen LogP contribution in [-0.4, -0.2) is 72.4 Å². The lowest BCUT2D eigenvalue weighted by atomic mass is 9.87. The van der Waals surface area contributed by atoms with Gasteiger partial charge in [0.15, 0.2) is 11.5 Å². The van der Waals surface area contributed by atoms with Gasteiger partial charge in [-0.25, -0.2) is 9.97 Å². The van der Waals surface area contributed by atoms with Crippen LogP contribution in [0.5, 0.6) is 0 Å². The number of aromatic nitrogens is 10. The third kappa shape index (κ3) is 3.53. The highest BCUT2D eigenvalue weighted by molar-refractivity contribution is 5.91.